The van der Waals surface area contributed by atoms with Gasteiger partial charge in [-0.1, -0.05) is 13.8 Å². The van der Waals surface area contributed by atoms with Crippen molar-refractivity contribution in [2.75, 3.05) is 13.6 Å². The first kappa shape index (κ1) is 17.6. The molecule has 0 aliphatic heterocycles. The third-order valence-electron chi connectivity index (χ3n) is 3.63. The average Bonchev–Trinajstić information content (AvgIpc) is 2.43. The van der Waals surface area contributed by atoms with Gasteiger partial charge in [0.05, 0.1) is 16.5 Å². The summed E-state index contributed by atoms with van der Waals surface area (Å²) < 4.78 is 26.4. The third kappa shape index (κ3) is 4.27. The average molecular weight is 309 g/mol. The molecule has 1 unspecified atom stereocenters. The molecule has 0 spiro atoms. The maximum Gasteiger partial charge on any atom is 0.243 e. The van der Waals surface area contributed by atoms with Gasteiger partial charge in [0.25, 0.3) is 0 Å². The zero-order chi connectivity index (χ0) is 16.2. The van der Waals surface area contributed by atoms with E-state index in [9.17, 15) is 8.42 Å². The Labute approximate surface area is 127 Å². The third-order valence-corrected chi connectivity index (χ3v) is 5.64. The summed E-state index contributed by atoms with van der Waals surface area (Å²) in [4.78, 5) is 0.238. The summed E-state index contributed by atoms with van der Waals surface area (Å²) in [5, 5.41) is 8.84. The van der Waals surface area contributed by atoms with Crippen LogP contribution in [0.3, 0.4) is 0 Å². The molecular formula is C15H23N3O2S. The van der Waals surface area contributed by atoms with Crippen molar-refractivity contribution in [1.82, 2.24) is 4.31 Å². The van der Waals surface area contributed by atoms with E-state index in [4.69, 9.17) is 11.0 Å². The minimum atomic E-state index is -3.55. The highest BCUT2D eigenvalue weighted by molar-refractivity contribution is 7.89. The van der Waals surface area contributed by atoms with Crippen molar-refractivity contribution in [3.05, 3.63) is 29.3 Å². The molecule has 116 valence electrons. The maximum absolute atomic E-state index is 12.5. The van der Waals surface area contributed by atoms with E-state index in [1.807, 2.05) is 19.9 Å². The van der Waals surface area contributed by atoms with Gasteiger partial charge < -0.3 is 5.73 Å². The Morgan fingerprint density at radius 3 is 2.48 bits per heavy atom. The van der Waals surface area contributed by atoms with Gasteiger partial charge in [-0.05, 0) is 43.0 Å². The fourth-order valence-corrected chi connectivity index (χ4v) is 3.35. The lowest BCUT2D eigenvalue weighted by Gasteiger charge is -2.22. The molecule has 1 atom stereocenters. The van der Waals surface area contributed by atoms with Crippen LogP contribution in [0.5, 0.6) is 0 Å². The largest absolute Gasteiger partial charge is 0.327 e. The first-order valence-electron chi connectivity index (χ1n) is 6.92. The highest BCUT2D eigenvalue weighted by Crippen LogP contribution is 2.20. The quantitative estimate of drug-likeness (QED) is 0.869. The number of rotatable bonds is 6. The molecule has 0 aromatic heterocycles. The van der Waals surface area contributed by atoms with Crippen LogP contribution >= 0.6 is 0 Å². The smallest absolute Gasteiger partial charge is 0.243 e. The van der Waals surface area contributed by atoms with Crippen LogP contribution in [0.1, 0.15) is 31.4 Å². The molecular weight excluding hydrogens is 286 g/mol. The Balaban J connectivity index is 2.93. The molecule has 1 aromatic rings. The molecule has 0 saturated carbocycles. The number of nitriles is 1. The molecule has 0 aliphatic carbocycles. The first-order valence-corrected chi connectivity index (χ1v) is 8.36. The fourth-order valence-electron chi connectivity index (χ4n) is 1.96. The van der Waals surface area contributed by atoms with E-state index in [0.29, 0.717) is 30.0 Å². The van der Waals surface area contributed by atoms with Crippen LogP contribution in [-0.4, -0.2) is 32.4 Å². The van der Waals surface area contributed by atoms with Crippen molar-refractivity contribution in [3.63, 3.8) is 0 Å². The van der Waals surface area contributed by atoms with Crippen molar-refractivity contribution in [2.24, 2.45) is 11.7 Å². The molecule has 0 saturated heterocycles. The minimum Gasteiger partial charge on any atom is -0.327 e. The van der Waals surface area contributed by atoms with Crippen molar-refractivity contribution in [3.8, 4) is 6.07 Å². The van der Waals surface area contributed by atoms with Crippen LogP contribution in [0.2, 0.25) is 0 Å². The van der Waals surface area contributed by atoms with Crippen molar-refractivity contribution < 1.29 is 8.42 Å². The van der Waals surface area contributed by atoms with E-state index in [1.54, 1.807) is 20.0 Å². The fraction of sp³-hybridized carbons (Fsp3) is 0.533. The van der Waals surface area contributed by atoms with Crippen LogP contribution in [-0.2, 0) is 10.0 Å². The van der Waals surface area contributed by atoms with Gasteiger partial charge in [-0.25, -0.2) is 12.7 Å². The molecule has 5 nitrogen and oxygen atoms in total. The van der Waals surface area contributed by atoms with Gasteiger partial charge in [-0.3, -0.25) is 0 Å². The van der Waals surface area contributed by atoms with Crippen LogP contribution in [0, 0.1) is 24.2 Å². The van der Waals surface area contributed by atoms with Crippen LogP contribution < -0.4 is 5.73 Å². The Morgan fingerprint density at radius 2 is 2.00 bits per heavy atom. The van der Waals surface area contributed by atoms with E-state index in [0.717, 1.165) is 0 Å². The zero-order valence-electron chi connectivity index (χ0n) is 13.0. The number of nitrogens with two attached hydrogens (primary N) is 1. The second-order valence-corrected chi connectivity index (χ2v) is 7.63. The Hall–Kier alpha value is -1.42. The van der Waals surface area contributed by atoms with Crippen molar-refractivity contribution in [1.29, 1.82) is 5.26 Å². The van der Waals surface area contributed by atoms with Gasteiger partial charge >= 0.3 is 0 Å². The molecule has 21 heavy (non-hydrogen) atoms. The highest BCUT2D eigenvalue weighted by atomic mass is 32.2. The van der Waals surface area contributed by atoms with Crippen LogP contribution in [0.4, 0.5) is 0 Å². The van der Waals surface area contributed by atoms with Gasteiger partial charge in [0, 0.05) is 19.6 Å². The van der Waals surface area contributed by atoms with E-state index < -0.39 is 10.0 Å². The SMILES string of the molecule is Cc1cc(C#N)ccc1S(=O)(=O)N(C)CCC(N)C(C)C. The second-order valence-electron chi connectivity index (χ2n) is 5.62. The zero-order valence-corrected chi connectivity index (χ0v) is 13.8. The van der Waals surface area contributed by atoms with Gasteiger partial charge in [0.1, 0.15) is 0 Å². The number of nitrogens with zero attached hydrogens (tertiary/aromatic N) is 2. The van der Waals surface area contributed by atoms with E-state index in [-0.39, 0.29) is 10.9 Å². The molecule has 0 fully saturated rings. The number of benzene rings is 1. The predicted molar refractivity (Wildman–Crippen MR) is 83.1 cm³/mol. The van der Waals surface area contributed by atoms with E-state index in [2.05, 4.69) is 0 Å². The molecule has 2 N–H and O–H groups in total. The van der Waals surface area contributed by atoms with Crippen LogP contribution in [0.15, 0.2) is 23.1 Å². The molecule has 6 heteroatoms. The summed E-state index contributed by atoms with van der Waals surface area (Å²) in [6.07, 6.45) is 0.614. The number of hydrogen-bond donors (Lipinski definition) is 1. The second kappa shape index (κ2) is 7.03. The maximum atomic E-state index is 12.5. The molecule has 1 rings (SSSR count). The molecule has 0 bridgehead atoms. The summed E-state index contributed by atoms with van der Waals surface area (Å²) in [5.74, 6) is 0.317. The molecule has 0 amide bonds. The molecule has 0 heterocycles. The number of hydrogen-bond acceptors (Lipinski definition) is 4. The van der Waals surface area contributed by atoms with E-state index in [1.165, 1.54) is 16.4 Å². The van der Waals surface area contributed by atoms with Gasteiger partial charge in [0.2, 0.25) is 10.0 Å². The Bertz CT molecular complexity index is 633. The Morgan fingerprint density at radius 1 is 1.38 bits per heavy atom. The summed E-state index contributed by atoms with van der Waals surface area (Å²) in [6, 6.07) is 6.57. The summed E-state index contributed by atoms with van der Waals surface area (Å²) in [5.41, 5.74) is 6.99. The minimum absolute atomic E-state index is 0.0234. The number of aryl methyl sites for hydroxylation is 1. The summed E-state index contributed by atoms with van der Waals surface area (Å²) in [6.45, 7) is 6.11. The molecule has 0 aliphatic rings. The Kier molecular flexibility index (Phi) is 5.90. The normalized spacial score (nSPS) is 13.4. The summed E-state index contributed by atoms with van der Waals surface area (Å²) in [7, 11) is -1.99. The lowest BCUT2D eigenvalue weighted by molar-refractivity contribution is 0.397. The topological polar surface area (TPSA) is 87.2 Å². The van der Waals surface area contributed by atoms with E-state index >= 15 is 0 Å². The molecule has 1 aromatic carbocycles. The molecule has 0 radical (unpaired) electrons. The highest BCUT2D eigenvalue weighted by Gasteiger charge is 2.23. The van der Waals surface area contributed by atoms with Crippen molar-refractivity contribution in [2.45, 2.75) is 38.1 Å². The van der Waals surface area contributed by atoms with Gasteiger partial charge in [-0.2, -0.15) is 5.26 Å². The lowest BCUT2D eigenvalue weighted by atomic mass is 10.0. The number of sulfonamides is 1. The lowest BCUT2D eigenvalue weighted by Crippen LogP contribution is -2.34. The predicted octanol–water partition coefficient (Wildman–Crippen LogP) is 1.86. The van der Waals surface area contributed by atoms with Gasteiger partial charge in [-0.15, -0.1) is 0 Å². The van der Waals surface area contributed by atoms with Crippen LogP contribution in [0.25, 0.3) is 0 Å². The first-order chi connectivity index (χ1) is 9.70. The van der Waals surface area contributed by atoms with Crippen molar-refractivity contribution >= 4 is 10.0 Å². The van der Waals surface area contributed by atoms with Gasteiger partial charge in [0.15, 0.2) is 0 Å². The standard InChI is InChI=1S/C15H23N3O2S/c1-11(2)14(17)7-8-18(4)21(19,20)15-6-5-13(10-16)9-12(15)3/h5-6,9,11,14H,7-8,17H2,1-4H3. The monoisotopic (exact) mass is 309 g/mol. The summed E-state index contributed by atoms with van der Waals surface area (Å²) >= 11 is 0.